The fourth-order valence-corrected chi connectivity index (χ4v) is 2.06. The summed E-state index contributed by atoms with van der Waals surface area (Å²) >= 11 is 0. The molecule has 1 saturated carbocycles. The van der Waals surface area contributed by atoms with Gasteiger partial charge in [0.25, 0.3) is 0 Å². The molecular weight excluding hydrogens is 158 g/mol. The average Bonchev–Trinajstić information content (AvgIpc) is 1.96. The lowest BCUT2D eigenvalue weighted by molar-refractivity contribution is 0.269. The van der Waals surface area contributed by atoms with E-state index in [0.29, 0.717) is 6.04 Å². The van der Waals surface area contributed by atoms with Gasteiger partial charge in [-0.3, -0.25) is 0 Å². The lowest BCUT2D eigenvalue weighted by Crippen LogP contribution is -2.26. The van der Waals surface area contributed by atoms with Crippen LogP contribution >= 0.6 is 0 Å². The Labute approximate surface area is 83.1 Å². The quantitative estimate of drug-likeness (QED) is 0.671. The molecule has 2 N–H and O–H groups in total. The summed E-state index contributed by atoms with van der Waals surface area (Å²) in [7, 11) is 0. The highest BCUT2D eigenvalue weighted by atomic mass is 14.6. The van der Waals surface area contributed by atoms with Crippen molar-refractivity contribution in [2.75, 3.05) is 0 Å². The first-order chi connectivity index (χ1) is 6.18. The van der Waals surface area contributed by atoms with Crippen molar-refractivity contribution in [1.82, 2.24) is 0 Å². The molecule has 1 aliphatic carbocycles. The van der Waals surface area contributed by atoms with Crippen molar-refractivity contribution in [3.63, 3.8) is 0 Å². The molecule has 0 spiro atoms. The van der Waals surface area contributed by atoms with E-state index < -0.39 is 0 Å². The van der Waals surface area contributed by atoms with Crippen LogP contribution in [0.2, 0.25) is 0 Å². The zero-order chi connectivity index (χ0) is 9.68. The number of hydrogen-bond acceptors (Lipinski definition) is 1. The lowest BCUT2D eigenvalue weighted by atomic mass is 9.80. The van der Waals surface area contributed by atoms with Gasteiger partial charge in [-0.1, -0.05) is 46.0 Å². The van der Waals surface area contributed by atoms with Gasteiger partial charge in [0.15, 0.2) is 0 Å². The van der Waals surface area contributed by atoms with Gasteiger partial charge in [0.05, 0.1) is 0 Å². The summed E-state index contributed by atoms with van der Waals surface area (Å²) in [6.45, 7) is 4.58. The van der Waals surface area contributed by atoms with Crippen LogP contribution in [0.3, 0.4) is 0 Å². The molecule has 0 saturated heterocycles. The van der Waals surface area contributed by atoms with Crippen LogP contribution in [0.1, 0.15) is 58.8 Å². The Balaban J connectivity index is 1.93. The van der Waals surface area contributed by atoms with Crippen LogP contribution in [0.4, 0.5) is 0 Å². The summed E-state index contributed by atoms with van der Waals surface area (Å²) < 4.78 is 0. The van der Waals surface area contributed by atoms with Crippen molar-refractivity contribution in [2.24, 2.45) is 17.6 Å². The molecule has 1 nitrogen and oxygen atoms in total. The van der Waals surface area contributed by atoms with E-state index in [1.807, 2.05) is 0 Å². The van der Waals surface area contributed by atoms with Crippen LogP contribution in [0.25, 0.3) is 0 Å². The molecule has 0 aromatic rings. The van der Waals surface area contributed by atoms with E-state index in [4.69, 9.17) is 5.73 Å². The second-order valence-electron chi connectivity index (χ2n) is 5.12. The fourth-order valence-electron chi connectivity index (χ4n) is 2.06. The second kappa shape index (κ2) is 5.64. The van der Waals surface area contributed by atoms with E-state index in [9.17, 15) is 0 Å². The van der Waals surface area contributed by atoms with Crippen molar-refractivity contribution in [3.05, 3.63) is 0 Å². The van der Waals surface area contributed by atoms with Gasteiger partial charge in [0.1, 0.15) is 0 Å². The third-order valence-corrected chi connectivity index (χ3v) is 3.22. The molecule has 1 rings (SSSR count). The van der Waals surface area contributed by atoms with E-state index in [-0.39, 0.29) is 0 Å². The lowest BCUT2D eigenvalue weighted by Gasteiger charge is -2.28. The minimum Gasteiger partial charge on any atom is -0.328 e. The normalized spacial score (nSPS) is 20.3. The maximum Gasteiger partial charge on any atom is 0.00414 e. The molecular formula is C12H25N. The summed E-state index contributed by atoms with van der Waals surface area (Å²) in [6, 6.07) is 0.490. The van der Waals surface area contributed by atoms with E-state index in [2.05, 4.69) is 13.8 Å². The Hall–Kier alpha value is -0.0400. The summed E-state index contributed by atoms with van der Waals surface area (Å²) in [6.07, 6.45) is 9.54. The first-order valence-corrected chi connectivity index (χ1v) is 5.94. The maximum absolute atomic E-state index is 6.07. The predicted octanol–water partition coefficient (Wildman–Crippen LogP) is 3.33. The van der Waals surface area contributed by atoms with E-state index in [1.54, 1.807) is 0 Å². The molecule has 0 aliphatic heterocycles. The molecule has 13 heavy (non-hydrogen) atoms. The van der Waals surface area contributed by atoms with Gasteiger partial charge in [-0.15, -0.1) is 0 Å². The highest BCUT2D eigenvalue weighted by Gasteiger charge is 2.19. The molecule has 1 fully saturated rings. The van der Waals surface area contributed by atoms with E-state index in [1.165, 1.54) is 44.9 Å². The van der Waals surface area contributed by atoms with Crippen LogP contribution in [-0.4, -0.2) is 6.04 Å². The maximum atomic E-state index is 6.07. The van der Waals surface area contributed by atoms with E-state index in [0.717, 1.165) is 11.8 Å². The van der Waals surface area contributed by atoms with Crippen molar-refractivity contribution in [2.45, 2.75) is 64.8 Å². The van der Waals surface area contributed by atoms with E-state index >= 15 is 0 Å². The monoisotopic (exact) mass is 183 g/mol. The first kappa shape index (κ1) is 11.0. The number of nitrogens with two attached hydrogens (primary N) is 1. The summed E-state index contributed by atoms with van der Waals surface area (Å²) in [5.74, 6) is 1.82. The van der Waals surface area contributed by atoms with Gasteiger partial charge in [-0.2, -0.15) is 0 Å². The van der Waals surface area contributed by atoms with Gasteiger partial charge in [-0.25, -0.2) is 0 Å². The topological polar surface area (TPSA) is 26.0 Å². The van der Waals surface area contributed by atoms with Gasteiger partial charge in [0, 0.05) is 6.04 Å². The Bertz CT molecular complexity index is 127. The van der Waals surface area contributed by atoms with Crippen molar-refractivity contribution >= 4 is 0 Å². The second-order valence-corrected chi connectivity index (χ2v) is 5.12. The average molecular weight is 183 g/mol. The molecule has 0 aromatic carbocycles. The molecule has 78 valence electrons. The van der Waals surface area contributed by atoms with Crippen LogP contribution in [-0.2, 0) is 0 Å². The Morgan fingerprint density at radius 3 is 2.38 bits per heavy atom. The molecule has 0 amide bonds. The molecule has 0 bridgehead atoms. The van der Waals surface area contributed by atoms with Crippen molar-refractivity contribution in [1.29, 1.82) is 0 Å². The highest BCUT2D eigenvalue weighted by Crippen LogP contribution is 2.30. The zero-order valence-electron chi connectivity index (χ0n) is 9.26. The van der Waals surface area contributed by atoms with Gasteiger partial charge < -0.3 is 5.73 Å². The minimum atomic E-state index is 0.490. The Morgan fingerprint density at radius 1 is 1.23 bits per heavy atom. The molecule has 0 radical (unpaired) electrons. The molecule has 1 heteroatoms. The van der Waals surface area contributed by atoms with Gasteiger partial charge in [0.2, 0.25) is 0 Å². The van der Waals surface area contributed by atoms with Gasteiger partial charge >= 0.3 is 0 Å². The Kier molecular flexibility index (Phi) is 4.79. The number of hydrogen-bond donors (Lipinski definition) is 1. The highest BCUT2D eigenvalue weighted by molar-refractivity contribution is 4.75. The standard InChI is InChI=1S/C12H25N/c1-10(2)5-3-8-12(13)9-11-6-4-7-11/h10-12H,3-9,13H2,1-2H3. The predicted molar refractivity (Wildman–Crippen MR) is 58.6 cm³/mol. The smallest absolute Gasteiger partial charge is 0.00414 e. The van der Waals surface area contributed by atoms with Crippen LogP contribution in [0.15, 0.2) is 0 Å². The largest absolute Gasteiger partial charge is 0.328 e. The molecule has 0 heterocycles. The summed E-state index contributed by atoms with van der Waals surface area (Å²) in [5, 5.41) is 0. The van der Waals surface area contributed by atoms with Crippen LogP contribution in [0.5, 0.6) is 0 Å². The van der Waals surface area contributed by atoms with Crippen LogP contribution < -0.4 is 5.73 Å². The van der Waals surface area contributed by atoms with Crippen molar-refractivity contribution in [3.8, 4) is 0 Å². The first-order valence-electron chi connectivity index (χ1n) is 5.94. The SMILES string of the molecule is CC(C)CCCC(N)CC1CCC1. The third kappa shape index (κ3) is 4.66. The van der Waals surface area contributed by atoms with Gasteiger partial charge in [-0.05, 0) is 24.7 Å². The van der Waals surface area contributed by atoms with Crippen LogP contribution in [0, 0.1) is 11.8 Å². The molecule has 0 aromatic heterocycles. The number of rotatable bonds is 6. The zero-order valence-corrected chi connectivity index (χ0v) is 9.26. The summed E-state index contributed by atoms with van der Waals surface area (Å²) in [5.41, 5.74) is 6.07. The molecule has 1 atom stereocenters. The fraction of sp³-hybridized carbons (Fsp3) is 1.00. The third-order valence-electron chi connectivity index (χ3n) is 3.22. The van der Waals surface area contributed by atoms with Crippen molar-refractivity contribution < 1.29 is 0 Å². The molecule has 1 unspecified atom stereocenters. The Morgan fingerprint density at radius 2 is 1.92 bits per heavy atom. The molecule has 1 aliphatic rings. The minimum absolute atomic E-state index is 0.490. The summed E-state index contributed by atoms with van der Waals surface area (Å²) in [4.78, 5) is 0.